The monoisotopic (exact) mass is 654 g/mol. The SMILES string of the molecule is C=Cc1ccc(COCCCOCc2cc(C[n+]3cccc4c5ccc[n+](Cc6cccc(OBO)c6)c5ccc43)cc(B(O)O)c2)cc1. The van der Waals surface area contributed by atoms with Crippen LogP contribution in [0.2, 0.25) is 0 Å². The summed E-state index contributed by atoms with van der Waals surface area (Å²) in [6, 6.07) is 34.2. The Balaban J connectivity index is 1.13. The molecule has 0 aliphatic carbocycles. The highest BCUT2D eigenvalue weighted by atomic mass is 16.5. The van der Waals surface area contributed by atoms with E-state index in [1.165, 1.54) is 0 Å². The number of pyridine rings is 2. The first kappa shape index (κ1) is 34.0. The molecule has 0 unspecified atom stereocenters. The molecule has 246 valence electrons. The van der Waals surface area contributed by atoms with Gasteiger partial charge in [0.1, 0.15) is 5.75 Å². The highest BCUT2D eigenvalue weighted by molar-refractivity contribution is 6.58. The third kappa shape index (κ3) is 8.80. The molecule has 3 N–H and O–H groups in total. The van der Waals surface area contributed by atoms with E-state index < -0.39 is 7.12 Å². The molecule has 0 aliphatic heterocycles. The zero-order chi connectivity index (χ0) is 34.0. The lowest BCUT2D eigenvalue weighted by Crippen LogP contribution is -2.37. The molecule has 2 aromatic heterocycles. The Bertz CT molecular complexity index is 2040. The molecule has 49 heavy (non-hydrogen) atoms. The van der Waals surface area contributed by atoms with Gasteiger partial charge in [-0.1, -0.05) is 61.2 Å². The van der Waals surface area contributed by atoms with Gasteiger partial charge in [-0.15, -0.1) is 0 Å². The van der Waals surface area contributed by atoms with Gasteiger partial charge in [0.15, 0.2) is 25.5 Å². The van der Waals surface area contributed by atoms with Gasteiger partial charge >= 0.3 is 14.8 Å². The van der Waals surface area contributed by atoms with E-state index in [0.717, 1.165) is 56.0 Å². The number of nitrogens with zero attached hydrogens (tertiary/aromatic N) is 2. The van der Waals surface area contributed by atoms with E-state index in [0.29, 0.717) is 50.7 Å². The number of fused-ring (bicyclic) bond motifs is 3. The number of benzene rings is 4. The molecule has 8 nitrogen and oxygen atoms in total. The molecule has 6 rings (SSSR count). The van der Waals surface area contributed by atoms with Crippen LogP contribution >= 0.6 is 0 Å². The molecule has 0 spiro atoms. The first-order valence-corrected chi connectivity index (χ1v) is 16.4. The Hall–Kier alpha value is -4.83. The Morgan fingerprint density at radius 1 is 0.673 bits per heavy atom. The van der Waals surface area contributed by atoms with E-state index in [2.05, 4.69) is 58.3 Å². The quantitative estimate of drug-likeness (QED) is 0.0638. The molecule has 0 atom stereocenters. The standard InChI is InChI=1S/C39H40B2N2O6/c1-2-29-11-13-30(14-12-29)27-47-19-6-20-48-28-33-21-32(22-34(23-33)41(45)46)26-43-18-5-10-37-36-9-4-17-42(38(36)15-16-39(37)43)25-31-7-3-8-35(24-31)49-40-44/h2-5,7-18,21-24,40,44-46H,1,6,19-20,25-28H2/q+2. The normalized spacial score (nSPS) is 11.2. The molecule has 0 amide bonds. The second-order valence-corrected chi connectivity index (χ2v) is 12.0. The molecule has 0 bridgehead atoms. The summed E-state index contributed by atoms with van der Waals surface area (Å²) >= 11 is 0. The van der Waals surface area contributed by atoms with E-state index in [1.54, 1.807) is 6.07 Å². The van der Waals surface area contributed by atoms with Crippen LogP contribution in [0.15, 0.2) is 122 Å². The van der Waals surface area contributed by atoms with Gasteiger partial charge in [-0.2, -0.15) is 9.13 Å². The summed E-state index contributed by atoms with van der Waals surface area (Å²) in [4.78, 5) is 0. The molecule has 0 fully saturated rings. The zero-order valence-corrected chi connectivity index (χ0v) is 27.4. The number of hydrogen-bond donors (Lipinski definition) is 3. The van der Waals surface area contributed by atoms with Crippen molar-refractivity contribution in [3.8, 4) is 5.75 Å². The van der Waals surface area contributed by atoms with Gasteiger partial charge in [0.2, 0.25) is 11.0 Å². The van der Waals surface area contributed by atoms with Gasteiger partial charge in [0.05, 0.1) is 24.0 Å². The largest absolute Gasteiger partial charge is 0.539 e. The molecule has 2 heterocycles. The number of hydrogen-bond acceptors (Lipinski definition) is 6. The van der Waals surface area contributed by atoms with Crippen LogP contribution in [-0.4, -0.2) is 43.1 Å². The second kappa shape index (κ2) is 16.5. The third-order valence-electron chi connectivity index (χ3n) is 8.46. The highest BCUT2D eigenvalue weighted by Gasteiger charge is 2.19. The summed E-state index contributed by atoms with van der Waals surface area (Å²) in [6.45, 7) is 7.00. The van der Waals surface area contributed by atoms with E-state index >= 15 is 0 Å². The summed E-state index contributed by atoms with van der Waals surface area (Å²) in [5.74, 6) is 0.632. The predicted molar refractivity (Wildman–Crippen MR) is 193 cm³/mol. The van der Waals surface area contributed by atoms with Gasteiger partial charge in [0.25, 0.3) is 0 Å². The van der Waals surface area contributed by atoms with E-state index in [9.17, 15) is 10.0 Å². The van der Waals surface area contributed by atoms with Gasteiger partial charge in [-0.05, 0) is 58.9 Å². The van der Waals surface area contributed by atoms with Crippen molar-refractivity contribution in [3.63, 3.8) is 0 Å². The second-order valence-electron chi connectivity index (χ2n) is 12.0. The fraction of sp³-hybridized carbons (Fsp3) is 0.179. The minimum Gasteiger partial charge on any atom is -0.539 e. The van der Waals surface area contributed by atoms with Crippen molar-refractivity contribution in [3.05, 3.63) is 150 Å². The first-order valence-electron chi connectivity index (χ1n) is 16.4. The zero-order valence-electron chi connectivity index (χ0n) is 27.4. The molecule has 0 saturated heterocycles. The van der Waals surface area contributed by atoms with Crippen molar-refractivity contribution < 1.29 is 38.3 Å². The lowest BCUT2D eigenvalue weighted by Gasteiger charge is -2.10. The molecule has 6 aromatic rings. The van der Waals surface area contributed by atoms with Crippen molar-refractivity contribution in [1.82, 2.24) is 0 Å². The molecular formula is C39H40B2N2O6+2. The van der Waals surface area contributed by atoms with Crippen molar-refractivity contribution in [1.29, 1.82) is 0 Å². The summed E-state index contributed by atoms with van der Waals surface area (Å²) in [5, 5.41) is 31.5. The molecule has 0 radical (unpaired) electrons. The summed E-state index contributed by atoms with van der Waals surface area (Å²) in [7, 11) is -1.94. The maximum absolute atomic E-state index is 10.1. The van der Waals surface area contributed by atoms with Crippen LogP contribution in [0, 0.1) is 0 Å². The van der Waals surface area contributed by atoms with Gasteiger partial charge < -0.3 is 29.2 Å². The lowest BCUT2D eigenvalue weighted by molar-refractivity contribution is -0.664. The van der Waals surface area contributed by atoms with Crippen molar-refractivity contribution in [2.45, 2.75) is 32.7 Å². The minimum absolute atomic E-state index is 0.358. The maximum atomic E-state index is 10.1. The molecule has 0 saturated carbocycles. The minimum atomic E-state index is -1.58. The van der Waals surface area contributed by atoms with Gasteiger partial charge in [-0.3, -0.25) is 0 Å². The third-order valence-corrected chi connectivity index (χ3v) is 8.46. The van der Waals surface area contributed by atoms with E-state index in [4.69, 9.17) is 19.2 Å². The fourth-order valence-corrected chi connectivity index (χ4v) is 6.10. The Kier molecular flexibility index (Phi) is 11.5. The molecule has 0 aliphatic rings. The number of rotatable bonds is 16. The van der Waals surface area contributed by atoms with Gasteiger partial charge in [-0.25, -0.2) is 0 Å². The van der Waals surface area contributed by atoms with E-state index in [1.807, 2.05) is 72.9 Å². The van der Waals surface area contributed by atoms with Crippen LogP contribution in [0.1, 0.15) is 34.2 Å². The predicted octanol–water partition coefficient (Wildman–Crippen LogP) is 3.75. The van der Waals surface area contributed by atoms with Crippen molar-refractivity contribution in [2.75, 3.05) is 13.2 Å². The average molecular weight is 654 g/mol. The van der Waals surface area contributed by atoms with Crippen LogP contribution in [0.3, 0.4) is 0 Å². The average Bonchev–Trinajstić information content (AvgIpc) is 3.12. The van der Waals surface area contributed by atoms with Crippen molar-refractivity contribution in [2.24, 2.45) is 0 Å². The number of aromatic nitrogens is 2. The Morgan fingerprint density at radius 2 is 1.31 bits per heavy atom. The lowest BCUT2D eigenvalue weighted by atomic mass is 9.78. The Morgan fingerprint density at radius 3 is 1.94 bits per heavy atom. The summed E-state index contributed by atoms with van der Waals surface area (Å²) in [5.41, 5.74) is 7.69. The maximum Gasteiger partial charge on any atom is 0.504 e. The fourth-order valence-electron chi connectivity index (χ4n) is 6.10. The smallest absolute Gasteiger partial charge is 0.504 e. The van der Waals surface area contributed by atoms with Crippen LogP contribution in [0.25, 0.3) is 27.9 Å². The summed E-state index contributed by atoms with van der Waals surface area (Å²) in [6.07, 6.45) is 6.69. The molecule has 4 aromatic carbocycles. The highest BCUT2D eigenvalue weighted by Crippen LogP contribution is 2.22. The topological polar surface area (TPSA) is 96.1 Å². The van der Waals surface area contributed by atoms with E-state index in [-0.39, 0.29) is 7.69 Å². The first-order chi connectivity index (χ1) is 24.0. The van der Waals surface area contributed by atoms with Crippen LogP contribution in [0.5, 0.6) is 5.75 Å². The van der Waals surface area contributed by atoms with Crippen LogP contribution < -0.4 is 19.3 Å². The van der Waals surface area contributed by atoms with Crippen molar-refractivity contribution >= 4 is 48.1 Å². The molecule has 10 heteroatoms. The van der Waals surface area contributed by atoms with Gasteiger partial charge in [0, 0.05) is 48.6 Å². The number of ether oxygens (including phenoxy) is 2. The summed E-state index contributed by atoms with van der Waals surface area (Å²) < 4.78 is 21.4. The molecular weight excluding hydrogens is 614 g/mol. The van der Waals surface area contributed by atoms with Crippen LogP contribution in [0.4, 0.5) is 0 Å². The Labute approximate surface area is 287 Å². The van der Waals surface area contributed by atoms with Crippen LogP contribution in [-0.2, 0) is 35.8 Å².